The Balaban J connectivity index is 1.18. The van der Waals surface area contributed by atoms with E-state index in [4.69, 9.17) is 14.2 Å². The number of fused-ring (bicyclic) bond motifs is 1. The number of rotatable bonds is 7. The normalized spacial score (nSPS) is 28.8. The van der Waals surface area contributed by atoms with E-state index in [1.807, 2.05) is 30.3 Å². The first-order chi connectivity index (χ1) is 15.0. The number of carbonyl (C=O) groups excluding carboxylic acids is 3. The van der Waals surface area contributed by atoms with Crippen molar-refractivity contribution in [2.75, 3.05) is 0 Å². The number of carbonyl (C=O) groups is 3. The smallest absolute Gasteiger partial charge is 0.310 e. The molecule has 3 fully saturated rings. The number of esters is 2. The third-order valence-corrected chi connectivity index (χ3v) is 6.80. The van der Waals surface area contributed by atoms with Gasteiger partial charge in [-0.3, -0.25) is 14.4 Å². The van der Waals surface area contributed by atoms with E-state index >= 15 is 0 Å². The Morgan fingerprint density at radius 1 is 1.06 bits per heavy atom. The summed E-state index contributed by atoms with van der Waals surface area (Å²) in [4.78, 5) is 37.7. The fourth-order valence-corrected chi connectivity index (χ4v) is 5.32. The number of ether oxygens (including phenoxy) is 3. The van der Waals surface area contributed by atoms with Crippen LogP contribution in [0, 0.1) is 23.7 Å². The van der Waals surface area contributed by atoms with Crippen LogP contribution in [0.1, 0.15) is 35.7 Å². The highest BCUT2D eigenvalue weighted by atomic mass is 16.6. The minimum atomic E-state index is -0.920. The standard InChI is InChI=1S/C25H24O6/c1-14(30-24(27)21-17-11-19-20(12-17)31-25(28)22(19)21)23(26)16-7-9-18(10-8-16)29-13-15-5-3-2-4-6-15/h2-10,14,17,19-22H,11-13H2,1H3/t14-,17+,19-,20+,21+,22+/m0/s1. The lowest BCUT2D eigenvalue weighted by atomic mass is 9.80. The van der Waals surface area contributed by atoms with Crippen LogP contribution < -0.4 is 4.74 Å². The summed E-state index contributed by atoms with van der Waals surface area (Å²) >= 11 is 0. The van der Waals surface area contributed by atoms with Gasteiger partial charge >= 0.3 is 11.9 Å². The zero-order valence-corrected chi connectivity index (χ0v) is 17.2. The van der Waals surface area contributed by atoms with Crippen molar-refractivity contribution in [2.45, 2.75) is 38.6 Å². The molecule has 6 nitrogen and oxygen atoms in total. The monoisotopic (exact) mass is 420 g/mol. The van der Waals surface area contributed by atoms with Crippen LogP contribution in [-0.2, 0) is 25.7 Å². The van der Waals surface area contributed by atoms with Crippen LogP contribution in [0.4, 0.5) is 0 Å². The molecule has 1 saturated heterocycles. The average Bonchev–Trinajstić information content (AvgIpc) is 3.41. The number of ketones is 1. The van der Waals surface area contributed by atoms with Crippen molar-refractivity contribution >= 4 is 17.7 Å². The first-order valence-corrected chi connectivity index (χ1v) is 10.7. The summed E-state index contributed by atoms with van der Waals surface area (Å²) in [6.07, 6.45) is 0.594. The fraction of sp³-hybridized carbons (Fsp3) is 0.400. The van der Waals surface area contributed by atoms with E-state index in [2.05, 4.69) is 0 Å². The molecule has 0 radical (unpaired) electrons. The van der Waals surface area contributed by atoms with Crippen molar-refractivity contribution < 1.29 is 28.6 Å². The molecule has 3 aliphatic rings. The first-order valence-electron chi connectivity index (χ1n) is 10.7. The molecule has 2 bridgehead atoms. The molecule has 0 unspecified atom stereocenters. The fourth-order valence-electron chi connectivity index (χ4n) is 5.32. The molecule has 1 heterocycles. The Kier molecular flexibility index (Phi) is 5.00. The number of hydrogen-bond donors (Lipinski definition) is 0. The van der Waals surface area contributed by atoms with Gasteiger partial charge in [0.1, 0.15) is 18.5 Å². The summed E-state index contributed by atoms with van der Waals surface area (Å²) in [5, 5.41) is 0. The van der Waals surface area contributed by atoms with Gasteiger partial charge in [-0.2, -0.15) is 0 Å². The van der Waals surface area contributed by atoms with Crippen molar-refractivity contribution in [1.29, 1.82) is 0 Å². The van der Waals surface area contributed by atoms with Gasteiger partial charge in [0.15, 0.2) is 6.10 Å². The molecule has 1 aliphatic heterocycles. The molecule has 0 N–H and O–H groups in total. The highest BCUT2D eigenvalue weighted by Crippen LogP contribution is 2.58. The molecule has 2 saturated carbocycles. The topological polar surface area (TPSA) is 78.9 Å². The summed E-state index contributed by atoms with van der Waals surface area (Å²) in [6.45, 7) is 2.01. The second-order valence-electron chi connectivity index (χ2n) is 8.66. The Bertz CT molecular complexity index is 996. The highest BCUT2D eigenvalue weighted by Gasteiger charge is 2.64. The Labute approximate surface area is 180 Å². The van der Waals surface area contributed by atoms with Gasteiger partial charge in [-0.15, -0.1) is 0 Å². The molecule has 5 rings (SSSR count). The van der Waals surface area contributed by atoms with E-state index < -0.39 is 23.9 Å². The van der Waals surface area contributed by atoms with Crippen LogP contribution in [-0.4, -0.2) is 29.9 Å². The predicted octanol–water partition coefficient (Wildman–Crippen LogP) is 3.58. The summed E-state index contributed by atoms with van der Waals surface area (Å²) in [7, 11) is 0. The van der Waals surface area contributed by atoms with Crippen LogP contribution in [0.15, 0.2) is 54.6 Å². The summed E-state index contributed by atoms with van der Waals surface area (Å²) < 4.78 is 16.6. The SMILES string of the molecule is C[C@H](OC(=O)[C@@H]1[C@@H]2C[C@@H]3[C@H]1C(=O)O[C@@H]3C2)C(=O)c1ccc(OCc2ccccc2)cc1. The maximum atomic E-state index is 12.8. The van der Waals surface area contributed by atoms with Crippen LogP contribution in [0.3, 0.4) is 0 Å². The van der Waals surface area contributed by atoms with E-state index in [0.717, 1.165) is 18.4 Å². The Morgan fingerprint density at radius 2 is 1.81 bits per heavy atom. The molecular formula is C25H24O6. The quantitative estimate of drug-likeness (QED) is 0.503. The molecule has 2 aliphatic carbocycles. The maximum Gasteiger partial charge on any atom is 0.310 e. The first kappa shape index (κ1) is 19.8. The lowest BCUT2D eigenvalue weighted by Crippen LogP contribution is -2.36. The van der Waals surface area contributed by atoms with Crippen LogP contribution >= 0.6 is 0 Å². The summed E-state index contributed by atoms with van der Waals surface area (Å²) in [6, 6.07) is 16.6. The van der Waals surface area contributed by atoms with E-state index in [1.165, 1.54) is 0 Å². The van der Waals surface area contributed by atoms with Crippen LogP contribution in [0.2, 0.25) is 0 Å². The number of hydrogen-bond acceptors (Lipinski definition) is 6. The lowest BCUT2D eigenvalue weighted by molar-refractivity contribution is -0.157. The van der Waals surface area contributed by atoms with Crippen LogP contribution in [0.25, 0.3) is 0 Å². The highest BCUT2D eigenvalue weighted by molar-refractivity contribution is 6.00. The number of benzene rings is 2. The second kappa shape index (κ2) is 7.84. The molecule has 2 aromatic carbocycles. The predicted molar refractivity (Wildman–Crippen MR) is 110 cm³/mol. The van der Waals surface area contributed by atoms with Gasteiger partial charge in [0.25, 0.3) is 0 Å². The summed E-state index contributed by atoms with van der Waals surface area (Å²) in [5.41, 5.74) is 1.50. The van der Waals surface area contributed by atoms with E-state index in [1.54, 1.807) is 31.2 Å². The van der Waals surface area contributed by atoms with Gasteiger partial charge in [0, 0.05) is 11.5 Å². The molecule has 0 amide bonds. The van der Waals surface area contributed by atoms with Gasteiger partial charge in [0.05, 0.1) is 11.8 Å². The van der Waals surface area contributed by atoms with Crippen molar-refractivity contribution in [3.05, 3.63) is 65.7 Å². The van der Waals surface area contributed by atoms with E-state index in [0.29, 0.717) is 17.9 Å². The van der Waals surface area contributed by atoms with Gasteiger partial charge in [-0.1, -0.05) is 30.3 Å². The molecule has 6 atom stereocenters. The molecule has 6 heteroatoms. The van der Waals surface area contributed by atoms with Crippen LogP contribution in [0.5, 0.6) is 5.75 Å². The molecule has 0 aromatic heterocycles. The van der Waals surface area contributed by atoms with E-state index in [9.17, 15) is 14.4 Å². The molecule has 0 spiro atoms. The molecule has 2 aromatic rings. The number of Topliss-reactive ketones (excluding diaryl/α,β-unsaturated/α-hetero) is 1. The maximum absolute atomic E-state index is 12.8. The zero-order valence-electron chi connectivity index (χ0n) is 17.2. The minimum Gasteiger partial charge on any atom is -0.489 e. The third-order valence-electron chi connectivity index (χ3n) is 6.80. The second-order valence-corrected chi connectivity index (χ2v) is 8.66. The van der Waals surface area contributed by atoms with Gasteiger partial charge in [0.2, 0.25) is 5.78 Å². The van der Waals surface area contributed by atoms with Gasteiger partial charge in [-0.05, 0) is 55.5 Å². The van der Waals surface area contributed by atoms with Gasteiger partial charge in [-0.25, -0.2) is 0 Å². The van der Waals surface area contributed by atoms with E-state index in [-0.39, 0.29) is 29.7 Å². The van der Waals surface area contributed by atoms with Crippen molar-refractivity contribution in [1.82, 2.24) is 0 Å². The minimum absolute atomic E-state index is 0.0340. The van der Waals surface area contributed by atoms with Gasteiger partial charge < -0.3 is 14.2 Å². The summed E-state index contributed by atoms with van der Waals surface area (Å²) in [5.74, 6) is -1.02. The average molecular weight is 420 g/mol. The van der Waals surface area contributed by atoms with Crippen molar-refractivity contribution in [2.24, 2.45) is 23.7 Å². The molecule has 160 valence electrons. The van der Waals surface area contributed by atoms with Crippen molar-refractivity contribution in [3.63, 3.8) is 0 Å². The lowest BCUT2D eigenvalue weighted by Gasteiger charge is -2.24. The third kappa shape index (κ3) is 3.60. The zero-order chi connectivity index (χ0) is 21.5. The van der Waals surface area contributed by atoms with Crippen molar-refractivity contribution in [3.8, 4) is 5.75 Å². The molecule has 31 heavy (non-hydrogen) atoms. The Morgan fingerprint density at radius 3 is 2.55 bits per heavy atom. The Hall–Kier alpha value is -3.15. The largest absolute Gasteiger partial charge is 0.489 e. The molecular weight excluding hydrogens is 396 g/mol.